The van der Waals surface area contributed by atoms with Crippen molar-refractivity contribution >= 4 is 15.9 Å². The molecule has 0 spiro atoms. The minimum Gasteiger partial charge on any atom is -0.378 e. The standard InChI is InChI=1S/C15H27N3O4S/c1-16-7-4-15(14(19)17-9-11-22-12-10-17)5-8-18(23(2,20)21)6-3-13(15)16/h13H,3-12H2,1-2H3/t13-,15+/m0/s1. The molecule has 3 aliphatic rings. The van der Waals surface area contributed by atoms with Crippen LogP contribution >= 0.6 is 0 Å². The van der Waals surface area contributed by atoms with Crippen LogP contribution in [-0.4, -0.2) is 93.7 Å². The van der Waals surface area contributed by atoms with Crippen molar-refractivity contribution in [1.29, 1.82) is 0 Å². The number of hydrogen-bond acceptors (Lipinski definition) is 5. The maximum absolute atomic E-state index is 13.3. The minimum atomic E-state index is -3.21. The number of morpholine rings is 1. The molecule has 0 saturated carbocycles. The summed E-state index contributed by atoms with van der Waals surface area (Å²) in [5.74, 6) is 0.200. The van der Waals surface area contributed by atoms with Gasteiger partial charge in [-0.1, -0.05) is 0 Å². The molecule has 3 fully saturated rings. The summed E-state index contributed by atoms with van der Waals surface area (Å²) in [7, 11) is -1.15. The molecule has 2 atom stereocenters. The van der Waals surface area contributed by atoms with Crippen molar-refractivity contribution in [3.63, 3.8) is 0 Å². The van der Waals surface area contributed by atoms with Crippen LogP contribution in [0.4, 0.5) is 0 Å². The number of ether oxygens (including phenoxy) is 1. The Hall–Kier alpha value is -0.700. The van der Waals surface area contributed by atoms with Gasteiger partial charge in [-0.3, -0.25) is 4.79 Å². The van der Waals surface area contributed by atoms with Crippen molar-refractivity contribution in [3.8, 4) is 0 Å². The molecule has 8 heteroatoms. The zero-order chi connectivity index (χ0) is 16.7. The van der Waals surface area contributed by atoms with Gasteiger partial charge in [0.05, 0.1) is 24.9 Å². The van der Waals surface area contributed by atoms with Crippen LogP contribution in [0.5, 0.6) is 0 Å². The van der Waals surface area contributed by atoms with Gasteiger partial charge in [-0.25, -0.2) is 12.7 Å². The first-order valence-electron chi connectivity index (χ1n) is 8.37. The quantitative estimate of drug-likeness (QED) is 0.681. The molecule has 0 bridgehead atoms. The summed E-state index contributed by atoms with van der Waals surface area (Å²) in [5, 5.41) is 0. The molecule has 3 saturated heterocycles. The second-order valence-electron chi connectivity index (χ2n) is 7.01. The molecule has 0 aromatic rings. The zero-order valence-corrected chi connectivity index (χ0v) is 14.8. The Bertz CT molecular complexity index is 561. The fraction of sp³-hybridized carbons (Fsp3) is 0.933. The van der Waals surface area contributed by atoms with Gasteiger partial charge < -0.3 is 14.5 Å². The lowest BCUT2D eigenvalue weighted by molar-refractivity contribution is -0.148. The number of amides is 1. The van der Waals surface area contributed by atoms with Crippen LogP contribution < -0.4 is 0 Å². The number of sulfonamides is 1. The Morgan fingerprint density at radius 3 is 2.39 bits per heavy atom. The molecule has 0 aromatic heterocycles. The van der Waals surface area contributed by atoms with Crippen molar-refractivity contribution < 1.29 is 17.9 Å². The van der Waals surface area contributed by atoms with E-state index in [4.69, 9.17) is 4.74 Å². The Kier molecular flexibility index (Phi) is 4.70. The molecular formula is C15H27N3O4S. The zero-order valence-electron chi connectivity index (χ0n) is 14.0. The SMILES string of the molecule is CN1CC[C@@]2(C(=O)N3CCOCC3)CCN(S(C)(=O)=O)CC[C@H]12. The molecule has 23 heavy (non-hydrogen) atoms. The molecule has 3 aliphatic heterocycles. The van der Waals surface area contributed by atoms with E-state index in [1.807, 2.05) is 4.90 Å². The van der Waals surface area contributed by atoms with E-state index in [1.54, 1.807) is 0 Å². The first-order valence-corrected chi connectivity index (χ1v) is 10.2. The predicted molar refractivity (Wildman–Crippen MR) is 86.5 cm³/mol. The predicted octanol–water partition coefficient (Wildman–Crippen LogP) is -0.409. The Balaban J connectivity index is 1.85. The lowest BCUT2D eigenvalue weighted by Crippen LogP contribution is -2.53. The van der Waals surface area contributed by atoms with E-state index in [-0.39, 0.29) is 11.9 Å². The highest BCUT2D eigenvalue weighted by atomic mass is 32.2. The van der Waals surface area contributed by atoms with E-state index in [9.17, 15) is 13.2 Å². The third-order valence-electron chi connectivity index (χ3n) is 5.73. The third kappa shape index (κ3) is 3.14. The highest BCUT2D eigenvalue weighted by Gasteiger charge is 2.54. The fourth-order valence-electron chi connectivity index (χ4n) is 4.38. The molecule has 0 radical (unpaired) electrons. The Morgan fingerprint density at radius 2 is 1.74 bits per heavy atom. The fourth-order valence-corrected chi connectivity index (χ4v) is 5.24. The average Bonchev–Trinajstić information content (AvgIpc) is 2.72. The summed E-state index contributed by atoms with van der Waals surface area (Å²) >= 11 is 0. The molecule has 1 amide bonds. The number of rotatable bonds is 2. The number of likely N-dealkylation sites (tertiary alicyclic amines) is 1. The molecule has 0 aliphatic carbocycles. The van der Waals surface area contributed by atoms with E-state index in [0.29, 0.717) is 45.8 Å². The van der Waals surface area contributed by atoms with Gasteiger partial charge in [0.25, 0.3) is 0 Å². The van der Waals surface area contributed by atoms with Gasteiger partial charge in [0.2, 0.25) is 15.9 Å². The smallest absolute Gasteiger partial charge is 0.230 e. The van der Waals surface area contributed by atoms with E-state index in [0.717, 1.165) is 19.4 Å². The summed E-state index contributed by atoms with van der Waals surface area (Å²) < 4.78 is 30.7. The molecule has 7 nitrogen and oxygen atoms in total. The Morgan fingerprint density at radius 1 is 1.09 bits per heavy atom. The molecule has 0 aromatic carbocycles. The maximum Gasteiger partial charge on any atom is 0.230 e. The minimum absolute atomic E-state index is 0.129. The van der Waals surface area contributed by atoms with Crippen LogP contribution in [0.25, 0.3) is 0 Å². The van der Waals surface area contributed by atoms with Crippen LogP contribution in [0.2, 0.25) is 0 Å². The van der Waals surface area contributed by atoms with Crippen LogP contribution in [0.3, 0.4) is 0 Å². The summed E-state index contributed by atoms with van der Waals surface area (Å²) in [6.07, 6.45) is 3.42. The first kappa shape index (κ1) is 17.1. The Labute approximate surface area is 138 Å². The number of hydrogen-bond donors (Lipinski definition) is 0. The molecule has 132 valence electrons. The largest absolute Gasteiger partial charge is 0.378 e. The second-order valence-corrected chi connectivity index (χ2v) is 8.99. The van der Waals surface area contributed by atoms with Gasteiger partial charge in [-0.05, 0) is 32.9 Å². The highest BCUT2D eigenvalue weighted by molar-refractivity contribution is 7.88. The van der Waals surface area contributed by atoms with Gasteiger partial charge in [0.1, 0.15) is 0 Å². The van der Waals surface area contributed by atoms with Crippen molar-refractivity contribution in [2.75, 3.05) is 59.2 Å². The number of fused-ring (bicyclic) bond motifs is 1. The topological polar surface area (TPSA) is 70.2 Å². The van der Waals surface area contributed by atoms with Gasteiger partial charge in [-0.15, -0.1) is 0 Å². The van der Waals surface area contributed by atoms with Crippen LogP contribution in [0.1, 0.15) is 19.3 Å². The first-order chi connectivity index (χ1) is 10.8. The summed E-state index contributed by atoms with van der Waals surface area (Å²) in [6, 6.07) is 0.129. The van der Waals surface area contributed by atoms with Crippen molar-refractivity contribution in [1.82, 2.24) is 14.1 Å². The molecular weight excluding hydrogens is 318 g/mol. The monoisotopic (exact) mass is 345 g/mol. The highest BCUT2D eigenvalue weighted by Crippen LogP contribution is 2.44. The number of carbonyl (C=O) groups excluding carboxylic acids is 1. The normalized spacial score (nSPS) is 34.2. The van der Waals surface area contributed by atoms with Crippen LogP contribution in [-0.2, 0) is 19.6 Å². The van der Waals surface area contributed by atoms with E-state index in [1.165, 1.54) is 10.6 Å². The maximum atomic E-state index is 13.3. The molecule has 0 N–H and O–H groups in total. The van der Waals surface area contributed by atoms with Crippen molar-refractivity contribution in [3.05, 3.63) is 0 Å². The summed E-state index contributed by atoms with van der Waals surface area (Å²) in [6.45, 7) is 4.33. The number of nitrogens with zero attached hydrogens (tertiary/aromatic N) is 3. The van der Waals surface area contributed by atoms with Crippen LogP contribution in [0, 0.1) is 5.41 Å². The van der Waals surface area contributed by atoms with E-state index in [2.05, 4.69) is 11.9 Å². The van der Waals surface area contributed by atoms with Gasteiger partial charge in [-0.2, -0.15) is 0 Å². The average molecular weight is 345 g/mol. The second kappa shape index (κ2) is 6.31. The van der Waals surface area contributed by atoms with Gasteiger partial charge >= 0.3 is 0 Å². The lowest BCUT2D eigenvalue weighted by Gasteiger charge is -2.39. The molecule has 3 heterocycles. The van der Waals surface area contributed by atoms with Crippen LogP contribution in [0.15, 0.2) is 0 Å². The van der Waals surface area contributed by atoms with E-state index < -0.39 is 15.4 Å². The third-order valence-corrected chi connectivity index (χ3v) is 7.04. The number of carbonyl (C=O) groups is 1. The summed E-state index contributed by atoms with van der Waals surface area (Å²) in [4.78, 5) is 17.4. The lowest BCUT2D eigenvalue weighted by atomic mass is 9.75. The van der Waals surface area contributed by atoms with Crippen molar-refractivity contribution in [2.45, 2.75) is 25.3 Å². The van der Waals surface area contributed by atoms with E-state index >= 15 is 0 Å². The molecule has 3 rings (SSSR count). The van der Waals surface area contributed by atoms with Gasteiger partial charge in [0.15, 0.2) is 0 Å². The van der Waals surface area contributed by atoms with Gasteiger partial charge in [0, 0.05) is 32.2 Å². The molecule has 0 unspecified atom stereocenters. The summed E-state index contributed by atoms with van der Waals surface area (Å²) in [5.41, 5.74) is -0.439. The van der Waals surface area contributed by atoms with Crippen molar-refractivity contribution in [2.24, 2.45) is 5.41 Å².